The van der Waals surface area contributed by atoms with Gasteiger partial charge in [0.15, 0.2) is 0 Å². The zero-order chi connectivity index (χ0) is 16.1. The summed E-state index contributed by atoms with van der Waals surface area (Å²) in [6.07, 6.45) is 0. The van der Waals surface area contributed by atoms with Crippen LogP contribution in [0.15, 0.2) is 46.9 Å². The summed E-state index contributed by atoms with van der Waals surface area (Å²) in [5, 5.41) is 5.13. The van der Waals surface area contributed by atoms with Gasteiger partial charge >= 0.3 is 0 Å². The van der Waals surface area contributed by atoms with Crippen molar-refractivity contribution < 1.29 is 14.0 Å². The average molecular weight is 365 g/mol. The van der Waals surface area contributed by atoms with E-state index in [0.29, 0.717) is 5.69 Å². The van der Waals surface area contributed by atoms with E-state index in [1.165, 1.54) is 18.2 Å². The van der Waals surface area contributed by atoms with Gasteiger partial charge in [-0.1, -0.05) is 12.1 Å². The normalized spacial score (nSPS) is 10.1. The SMILES string of the molecule is Cc1ccc(NC(=O)CNC(=O)c2cccc(F)c2)c(Br)c1. The van der Waals surface area contributed by atoms with Crippen LogP contribution in [0.1, 0.15) is 15.9 Å². The highest BCUT2D eigenvalue weighted by Gasteiger charge is 2.10. The lowest BCUT2D eigenvalue weighted by atomic mass is 10.2. The Labute approximate surface area is 135 Å². The minimum Gasteiger partial charge on any atom is -0.343 e. The van der Waals surface area contributed by atoms with Gasteiger partial charge in [-0.2, -0.15) is 0 Å². The van der Waals surface area contributed by atoms with Crippen molar-refractivity contribution in [2.45, 2.75) is 6.92 Å². The van der Waals surface area contributed by atoms with Gasteiger partial charge in [-0.05, 0) is 58.7 Å². The molecule has 2 aromatic carbocycles. The second-order valence-corrected chi connectivity index (χ2v) is 5.58. The van der Waals surface area contributed by atoms with E-state index < -0.39 is 11.7 Å². The number of anilines is 1. The van der Waals surface area contributed by atoms with E-state index in [4.69, 9.17) is 0 Å². The van der Waals surface area contributed by atoms with Crippen LogP contribution in [0, 0.1) is 12.7 Å². The van der Waals surface area contributed by atoms with E-state index in [2.05, 4.69) is 26.6 Å². The first-order valence-corrected chi connectivity index (χ1v) is 7.35. The molecule has 2 rings (SSSR count). The van der Waals surface area contributed by atoms with Crippen molar-refractivity contribution in [3.63, 3.8) is 0 Å². The zero-order valence-electron chi connectivity index (χ0n) is 11.8. The van der Waals surface area contributed by atoms with Crippen LogP contribution in [-0.2, 0) is 4.79 Å². The summed E-state index contributed by atoms with van der Waals surface area (Å²) in [6, 6.07) is 10.8. The Hall–Kier alpha value is -2.21. The van der Waals surface area contributed by atoms with Crippen molar-refractivity contribution in [3.8, 4) is 0 Å². The third kappa shape index (κ3) is 4.39. The van der Waals surface area contributed by atoms with Gasteiger partial charge in [0.1, 0.15) is 5.82 Å². The molecule has 0 bridgehead atoms. The molecule has 0 spiro atoms. The molecule has 0 aliphatic rings. The Morgan fingerprint density at radius 1 is 1.18 bits per heavy atom. The lowest BCUT2D eigenvalue weighted by Gasteiger charge is -2.09. The molecule has 0 atom stereocenters. The van der Waals surface area contributed by atoms with Crippen LogP contribution < -0.4 is 10.6 Å². The Morgan fingerprint density at radius 3 is 2.64 bits per heavy atom. The third-order valence-corrected chi connectivity index (χ3v) is 3.55. The minimum absolute atomic E-state index is 0.171. The van der Waals surface area contributed by atoms with Crippen LogP contribution in [0.3, 0.4) is 0 Å². The molecule has 0 saturated heterocycles. The van der Waals surface area contributed by atoms with Crippen LogP contribution in [-0.4, -0.2) is 18.4 Å². The van der Waals surface area contributed by atoms with Crippen LogP contribution >= 0.6 is 15.9 Å². The van der Waals surface area contributed by atoms with Crippen LogP contribution in [0.25, 0.3) is 0 Å². The first-order chi connectivity index (χ1) is 10.5. The lowest BCUT2D eigenvalue weighted by Crippen LogP contribution is -2.32. The Kier molecular flexibility index (Phi) is 5.27. The number of carbonyl (C=O) groups is 2. The molecule has 22 heavy (non-hydrogen) atoms. The van der Waals surface area contributed by atoms with Crippen LogP contribution in [0.5, 0.6) is 0 Å². The number of benzene rings is 2. The van der Waals surface area contributed by atoms with Gasteiger partial charge in [0.25, 0.3) is 5.91 Å². The maximum Gasteiger partial charge on any atom is 0.251 e. The molecule has 0 radical (unpaired) electrons. The maximum atomic E-state index is 13.0. The van der Waals surface area contributed by atoms with E-state index >= 15 is 0 Å². The molecular formula is C16H14BrFN2O2. The molecular weight excluding hydrogens is 351 g/mol. The first-order valence-electron chi connectivity index (χ1n) is 6.55. The number of carbonyl (C=O) groups excluding carboxylic acids is 2. The van der Waals surface area contributed by atoms with Gasteiger partial charge in [0.2, 0.25) is 5.91 Å². The zero-order valence-corrected chi connectivity index (χ0v) is 13.4. The predicted octanol–water partition coefficient (Wildman–Crippen LogP) is 3.27. The van der Waals surface area contributed by atoms with Crippen molar-refractivity contribution in [1.29, 1.82) is 0 Å². The summed E-state index contributed by atoms with van der Waals surface area (Å²) >= 11 is 3.36. The summed E-state index contributed by atoms with van der Waals surface area (Å²) in [6.45, 7) is 1.74. The van der Waals surface area contributed by atoms with Gasteiger partial charge in [-0.3, -0.25) is 9.59 Å². The number of hydrogen-bond donors (Lipinski definition) is 2. The molecule has 0 heterocycles. The average Bonchev–Trinajstić information content (AvgIpc) is 2.47. The third-order valence-electron chi connectivity index (χ3n) is 2.89. The fourth-order valence-corrected chi connectivity index (χ4v) is 2.40. The summed E-state index contributed by atoms with van der Waals surface area (Å²) in [5.41, 5.74) is 1.85. The van der Waals surface area contributed by atoms with Crippen LogP contribution in [0.4, 0.5) is 10.1 Å². The minimum atomic E-state index is -0.502. The molecule has 0 fully saturated rings. The van der Waals surface area contributed by atoms with E-state index in [1.807, 2.05) is 19.1 Å². The summed E-state index contributed by atoms with van der Waals surface area (Å²) in [7, 11) is 0. The monoisotopic (exact) mass is 364 g/mol. The Morgan fingerprint density at radius 2 is 1.95 bits per heavy atom. The molecule has 0 aliphatic heterocycles. The van der Waals surface area contributed by atoms with Gasteiger partial charge in [0, 0.05) is 10.0 Å². The fraction of sp³-hybridized carbons (Fsp3) is 0.125. The quantitative estimate of drug-likeness (QED) is 0.874. The Bertz CT molecular complexity index is 719. The summed E-state index contributed by atoms with van der Waals surface area (Å²) in [4.78, 5) is 23.6. The van der Waals surface area contributed by atoms with E-state index in [9.17, 15) is 14.0 Å². The van der Waals surface area contributed by atoms with Crippen molar-refractivity contribution in [3.05, 3.63) is 63.9 Å². The smallest absolute Gasteiger partial charge is 0.251 e. The molecule has 2 N–H and O–H groups in total. The largest absolute Gasteiger partial charge is 0.343 e. The van der Waals surface area contributed by atoms with Crippen molar-refractivity contribution in [2.24, 2.45) is 0 Å². The highest BCUT2D eigenvalue weighted by molar-refractivity contribution is 9.10. The van der Waals surface area contributed by atoms with E-state index in [1.54, 1.807) is 6.07 Å². The highest BCUT2D eigenvalue weighted by Crippen LogP contribution is 2.23. The molecule has 0 saturated carbocycles. The number of halogens is 2. The number of rotatable bonds is 4. The first kappa shape index (κ1) is 16.2. The van der Waals surface area contributed by atoms with Gasteiger partial charge < -0.3 is 10.6 Å². The molecule has 6 heteroatoms. The number of amides is 2. The van der Waals surface area contributed by atoms with Crippen molar-refractivity contribution in [2.75, 3.05) is 11.9 Å². The number of hydrogen-bond acceptors (Lipinski definition) is 2. The number of aryl methyl sites for hydroxylation is 1. The number of nitrogens with one attached hydrogen (secondary N) is 2. The molecule has 4 nitrogen and oxygen atoms in total. The second-order valence-electron chi connectivity index (χ2n) is 4.72. The molecule has 2 amide bonds. The summed E-state index contributed by atoms with van der Waals surface area (Å²) < 4.78 is 13.8. The Balaban J connectivity index is 1.91. The highest BCUT2D eigenvalue weighted by atomic mass is 79.9. The summed E-state index contributed by atoms with van der Waals surface area (Å²) in [5.74, 6) is -1.37. The fourth-order valence-electron chi connectivity index (χ4n) is 1.81. The van der Waals surface area contributed by atoms with E-state index in [-0.39, 0.29) is 18.0 Å². The molecule has 114 valence electrons. The molecule has 2 aromatic rings. The second kappa shape index (κ2) is 7.17. The molecule has 0 aliphatic carbocycles. The van der Waals surface area contributed by atoms with Crippen molar-refractivity contribution >= 4 is 33.4 Å². The maximum absolute atomic E-state index is 13.0. The van der Waals surface area contributed by atoms with Gasteiger partial charge in [-0.15, -0.1) is 0 Å². The standard InChI is InChI=1S/C16H14BrFN2O2/c1-10-5-6-14(13(17)7-10)20-15(21)9-19-16(22)11-3-2-4-12(18)8-11/h2-8H,9H2,1H3,(H,19,22)(H,20,21). The topological polar surface area (TPSA) is 58.2 Å². The molecule has 0 unspecified atom stereocenters. The lowest BCUT2D eigenvalue weighted by molar-refractivity contribution is -0.115. The van der Waals surface area contributed by atoms with Crippen LogP contribution in [0.2, 0.25) is 0 Å². The molecule has 0 aromatic heterocycles. The predicted molar refractivity (Wildman–Crippen MR) is 86.2 cm³/mol. The van der Waals surface area contributed by atoms with Gasteiger partial charge in [0.05, 0.1) is 12.2 Å². The van der Waals surface area contributed by atoms with Gasteiger partial charge in [-0.25, -0.2) is 4.39 Å². The van der Waals surface area contributed by atoms with Crippen molar-refractivity contribution in [1.82, 2.24) is 5.32 Å². The van der Waals surface area contributed by atoms with E-state index in [0.717, 1.165) is 16.1 Å².